The van der Waals surface area contributed by atoms with Crippen LogP contribution in [0.4, 0.5) is 0 Å². The van der Waals surface area contributed by atoms with Crippen molar-refractivity contribution in [3.05, 3.63) is 194 Å². The summed E-state index contributed by atoms with van der Waals surface area (Å²) in [5.74, 6) is -1.64. The number of rotatable bonds is 89. The lowest BCUT2D eigenvalue weighted by Gasteiger charge is -2.21. The summed E-state index contributed by atoms with van der Waals surface area (Å²) >= 11 is 0. The molecule has 121 heavy (non-hydrogen) atoms. The highest BCUT2D eigenvalue weighted by molar-refractivity contribution is 7.47. The number of carbonyl (C=O) groups excluding carboxylic acids is 3. The summed E-state index contributed by atoms with van der Waals surface area (Å²) in [6.45, 7) is 2.31. The third kappa shape index (κ3) is 94.9. The molecule has 0 rings (SSSR count). The molecule has 0 spiro atoms. The monoisotopic (exact) mass is 1730 g/mol. The summed E-state index contributed by atoms with van der Waals surface area (Å²) in [5.41, 5.74) is 0. The first-order valence-corrected chi connectivity index (χ1v) is 50.7. The van der Waals surface area contributed by atoms with Crippen molar-refractivity contribution in [1.82, 2.24) is 0 Å². The predicted molar refractivity (Wildman–Crippen MR) is 509 cm³/mol. The zero-order valence-corrected chi connectivity index (χ0v) is 77.9. The van der Waals surface area contributed by atoms with Crippen LogP contribution in [0, 0.1) is 0 Å². The van der Waals surface area contributed by atoms with Gasteiger partial charge < -0.3 is 34.2 Å². The van der Waals surface area contributed by atoms with Gasteiger partial charge in [0.05, 0.1) is 26.4 Å². The summed E-state index contributed by atoms with van der Waals surface area (Å²) in [6.07, 6.45) is 125. The molecule has 0 aliphatic carbocycles. The number of allylic oxidation sites excluding steroid dienone is 32. The van der Waals surface area contributed by atoms with E-state index in [9.17, 15) is 43.5 Å². The molecule has 0 aliphatic rings. The summed E-state index contributed by atoms with van der Waals surface area (Å²) in [5, 5.41) is 20.7. The number of phosphoric ester groups is 2. The van der Waals surface area contributed by atoms with E-state index < -0.39 is 91.5 Å². The number of esters is 3. The van der Waals surface area contributed by atoms with Gasteiger partial charge in [0.2, 0.25) is 0 Å². The Morgan fingerprint density at radius 3 is 0.678 bits per heavy atom. The molecule has 4 N–H and O–H groups in total. The standard InChI is InChI=1S/C103H172O16P2/c1-4-7-10-13-16-19-22-25-28-31-33-35-37-39-41-43-45-47-48-50-52-53-55-57-59-61-63-66-68-71-74-77-80-83-86-89-101(106)113-92-98(104)93-115-120(109,110)116-94-99(105)95-117-121(111,112)118-97-100(119-103(108)91-88-85-82-79-76-73-70-65-30-27-24-21-18-15-12-9-6-3)96-114-102(107)90-87-84-81-78-75-72-69-67-64-62-60-58-56-54-51-49-46-44-42-40-38-36-34-32-29-26-23-20-17-14-11-8-5-2/h7-12,16-21,25-30,33-36,39-42,45,47,70,73,79,82,98-100,104-105H,4-6,13-15,22-24,31-32,37-38,43-44,46,48-69,71-72,74-78,80-81,83-97H2,1-3H3,(H,109,110)(H,111,112)/b10-7-,11-8-,12-9-,19-16-,20-17-,21-18-,28-25-,29-26-,30-27-,35-33-,36-34-,41-39-,42-40-,47-45-,73-70-,82-79-. The fourth-order valence-corrected chi connectivity index (χ4v) is 14.3. The minimum absolute atomic E-state index is 0.0228. The van der Waals surface area contributed by atoms with Gasteiger partial charge in [0, 0.05) is 19.3 Å². The van der Waals surface area contributed by atoms with Crippen LogP contribution >= 0.6 is 15.6 Å². The van der Waals surface area contributed by atoms with E-state index in [1.165, 1.54) is 167 Å². The van der Waals surface area contributed by atoms with Crippen LogP contribution in [0.5, 0.6) is 0 Å². The van der Waals surface area contributed by atoms with Crippen molar-refractivity contribution in [2.45, 2.75) is 399 Å². The van der Waals surface area contributed by atoms with Gasteiger partial charge in [-0.25, -0.2) is 9.13 Å². The SMILES string of the molecule is CC/C=C\C/C=C\C/C=C\C/C=C\C/C=C\C/C=C\CCCCCCCCCCCCCCCCCCC(=O)OCC(O)COP(=O)(O)OCC(O)COP(=O)(O)OCC(COC(=O)CCCCCCCCCCCCCCCCCCC/C=C\C/C=C\C/C=C\C/C=C\C/C=C\CC)OC(=O)CCC/C=C\C/C=C\C/C=C\C/C=C\C/C=C\CC. The van der Waals surface area contributed by atoms with Crippen molar-refractivity contribution in [3.8, 4) is 0 Å². The lowest BCUT2D eigenvalue weighted by atomic mass is 10.0. The zero-order chi connectivity index (χ0) is 87.9. The van der Waals surface area contributed by atoms with Gasteiger partial charge in [-0.15, -0.1) is 0 Å². The number of carbonyl (C=O) groups is 3. The van der Waals surface area contributed by atoms with Crippen LogP contribution in [0.3, 0.4) is 0 Å². The van der Waals surface area contributed by atoms with Crippen molar-refractivity contribution >= 4 is 33.6 Å². The summed E-state index contributed by atoms with van der Waals surface area (Å²) < 4.78 is 61.4. The van der Waals surface area contributed by atoms with Crippen molar-refractivity contribution in [3.63, 3.8) is 0 Å². The van der Waals surface area contributed by atoms with E-state index in [2.05, 4.69) is 203 Å². The molecule has 0 saturated carbocycles. The average Bonchev–Trinajstić information content (AvgIpc) is 0.896. The quantitative estimate of drug-likeness (QED) is 0.0146. The highest BCUT2D eigenvalue weighted by Gasteiger charge is 2.29. The van der Waals surface area contributed by atoms with Crippen molar-refractivity contribution in [2.75, 3.05) is 39.6 Å². The highest BCUT2D eigenvalue weighted by atomic mass is 31.2. The second kappa shape index (κ2) is 93.5. The number of unbranched alkanes of at least 4 members (excludes halogenated alkanes) is 34. The Morgan fingerprint density at radius 2 is 0.421 bits per heavy atom. The van der Waals surface area contributed by atoms with Gasteiger partial charge >= 0.3 is 33.6 Å². The van der Waals surface area contributed by atoms with Crippen LogP contribution in [0.15, 0.2) is 194 Å². The molecule has 0 saturated heterocycles. The first kappa shape index (κ1) is 115. The molecule has 0 aliphatic heterocycles. The number of aliphatic hydroxyl groups is 2. The minimum atomic E-state index is -4.96. The van der Waals surface area contributed by atoms with Gasteiger partial charge in [-0.3, -0.25) is 32.5 Å². The highest BCUT2D eigenvalue weighted by Crippen LogP contribution is 2.45. The summed E-state index contributed by atoms with van der Waals surface area (Å²) in [7, 11) is -9.83. The molecule has 690 valence electrons. The fourth-order valence-electron chi connectivity index (χ4n) is 12.7. The molecular formula is C103H172O16P2. The molecule has 0 bridgehead atoms. The number of ether oxygens (including phenoxy) is 3. The minimum Gasteiger partial charge on any atom is -0.463 e. The third-order valence-corrected chi connectivity index (χ3v) is 21.7. The molecule has 0 radical (unpaired) electrons. The predicted octanol–water partition coefficient (Wildman–Crippen LogP) is 29.8. The third-order valence-electron chi connectivity index (χ3n) is 19.8. The molecule has 18 heteroatoms. The van der Waals surface area contributed by atoms with Gasteiger partial charge in [0.25, 0.3) is 0 Å². The maximum Gasteiger partial charge on any atom is 0.472 e. The first-order chi connectivity index (χ1) is 59.2. The lowest BCUT2D eigenvalue weighted by Crippen LogP contribution is -2.30. The van der Waals surface area contributed by atoms with E-state index in [1.54, 1.807) is 0 Å². The molecule has 0 amide bonds. The Labute approximate surface area is 737 Å². The molecule has 5 atom stereocenters. The Hall–Kier alpha value is -5.61. The van der Waals surface area contributed by atoms with Crippen LogP contribution in [-0.2, 0) is 55.8 Å². The lowest BCUT2D eigenvalue weighted by molar-refractivity contribution is -0.161. The van der Waals surface area contributed by atoms with E-state index in [0.29, 0.717) is 25.7 Å². The van der Waals surface area contributed by atoms with E-state index in [-0.39, 0.29) is 19.3 Å². The van der Waals surface area contributed by atoms with E-state index >= 15 is 0 Å². The normalized spacial score (nSPS) is 14.6. The smallest absolute Gasteiger partial charge is 0.463 e. The van der Waals surface area contributed by atoms with E-state index in [0.717, 1.165) is 148 Å². The molecule has 0 aromatic carbocycles. The molecule has 16 nitrogen and oxygen atoms in total. The van der Waals surface area contributed by atoms with Crippen LogP contribution in [0.2, 0.25) is 0 Å². The Balaban J connectivity index is 4.49. The van der Waals surface area contributed by atoms with Crippen LogP contribution in [0.1, 0.15) is 380 Å². The van der Waals surface area contributed by atoms with E-state index in [4.69, 9.17) is 32.3 Å². The topological polar surface area (TPSA) is 231 Å². The maximum absolute atomic E-state index is 13.0. The summed E-state index contributed by atoms with van der Waals surface area (Å²) in [4.78, 5) is 59.0. The van der Waals surface area contributed by atoms with Crippen LogP contribution < -0.4 is 0 Å². The second-order valence-electron chi connectivity index (χ2n) is 31.4. The zero-order valence-electron chi connectivity index (χ0n) is 76.1. The first-order valence-electron chi connectivity index (χ1n) is 47.7. The number of phosphoric acid groups is 2. The Kier molecular flexibility index (Phi) is 89.2. The average molecular weight is 1730 g/mol. The van der Waals surface area contributed by atoms with Crippen molar-refractivity contribution in [2.24, 2.45) is 0 Å². The van der Waals surface area contributed by atoms with Gasteiger partial charge in [-0.2, -0.15) is 0 Å². The van der Waals surface area contributed by atoms with E-state index in [1.807, 2.05) is 12.2 Å². The largest absolute Gasteiger partial charge is 0.472 e. The Morgan fingerprint density at radius 1 is 0.231 bits per heavy atom. The molecular weight excluding hydrogens is 1560 g/mol. The van der Waals surface area contributed by atoms with Crippen LogP contribution in [0.25, 0.3) is 0 Å². The summed E-state index contributed by atoms with van der Waals surface area (Å²) in [6, 6.07) is 0. The van der Waals surface area contributed by atoms with Crippen molar-refractivity contribution < 1.29 is 75.8 Å². The molecule has 0 aromatic heterocycles. The maximum atomic E-state index is 13.0. The number of hydrogen-bond acceptors (Lipinski definition) is 14. The van der Waals surface area contributed by atoms with Crippen molar-refractivity contribution in [1.29, 1.82) is 0 Å². The fraction of sp³-hybridized carbons (Fsp3) is 0.660. The van der Waals surface area contributed by atoms with Crippen LogP contribution in [-0.4, -0.2) is 95.9 Å². The molecule has 5 unspecified atom stereocenters. The molecule has 0 aromatic rings. The Bertz CT molecular complexity index is 2980. The van der Waals surface area contributed by atoms with Gasteiger partial charge in [0.1, 0.15) is 25.4 Å². The number of hydrogen-bond donors (Lipinski definition) is 4. The second-order valence-corrected chi connectivity index (χ2v) is 34.3. The van der Waals surface area contributed by atoms with Gasteiger partial charge in [-0.05, 0) is 154 Å². The van der Waals surface area contributed by atoms with Gasteiger partial charge in [0.15, 0.2) is 6.10 Å². The number of aliphatic hydroxyl groups excluding tert-OH is 2. The van der Waals surface area contributed by atoms with Gasteiger partial charge in [-0.1, -0.05) is 401 Å². The molecule has 0 fully saturated rings. The molecule has 0 heterocycles.